The van der Waals surface area contributed by atoms with Gasteiger partial charge in [-0.25, -0.2) is 4.98 Å². The monoisotopic (exact) mass is 330 g/mol. The summed E-state index contributed by atoms with van der Waals surface area (Å²) < 4.78 is 7.78. The van der Waals surface area contributed by atoms with Crippen molar-refractivity contribution in [1.82, 2.24) is 19.8 Å². The summed E-state index contributed by atoms with van der Waals surface area (Å²) in [5, 5.41) is 2.70. The molecule has 3 rings (SSSR count). The van der Waals surface area contributed by atoms with Gasteiger partial charge in [0.1, 0.15) is 11.5 Å². The standard InChI is InChI=1S/C18H26N4O2/c1-12-13(2)24-17(20-12)11-22-10-6-5-7-15(22)14-8-9-16(21(14)4)18(23)19-3/h8-9,15H,5-7,10-11H2,1-4H3,(H,19,23)/t15-/m1/s1. The first-order chi connectivity index (χ1) is 11.5. The minimum atomic E-state index is -0.0509. The van der Waals surface area contributed by atoms with Crippen LogP contribution >= 0.6 is 0 Å². The Morgan fingerprint density at radius 3 is 2.83 bits per heavy atom. The van der Waals surface area contributed by atoms with Crippen LogP contribution in [-0.2, 0) is 13.6 Å². The van der Waals surface area contributed by atoms with Gasteiger partial charge in [0.2, 0.25) is 5.89 Å². The average Bonchev–Trinajstić information content (AvgIpc) is 3.10. The van der Waals surface area contributed by atoms with E-state index in [2.05, 4.69) is 21.3 Å². The van der Waals surface area contributed by atoms with Gasteiger partial charge in [0.05, 0.1) is 18.3 Å². The molecule has 1 atom stereocenters. The number of nitrogens with zero attached hydrogens (tertiary/aromatic N) is 3. The summed E-state index contributed by atoms with van der Waals surface area (Å²) in [7, 11) is 3.63. The van der Waals surface area contributed by atoms with E-state index in [1.807, 2.05) is 31.5 Å². The molecule has 1 N–H and O–H groups in total. The highest BCUT2D eigenvalue weighted by atomic mass is 16.4. The quantitative estimate of drug-likeness (QED) is 0.936. The van der Waals surface area contributed by atoms with Crippen molar-refractivity contribution < 1.29 is 9.21 Å². The lowest BCUT2D eigenvalue weighted by Gasteiger charge is -2.35. The van der Waals surface area contributed by atoms with Crippen molar-refractivity contribution in [2.24, 2.45) is 7.05 Å². The average molecular weight is 330 g/mol. The van der Waals surface area contributed by atoms with Gasteiger partial charge in [-0.15, -0.1) is 0 Å². The number of carbonyl (C=O) groups is 1. The number of aryl methyl sites for hydroxylation is 2. The molecule has 2 aromatic heterocycles. The van der Waals surface area contributed by atoms with E-state index >= 15 is 0 Å². The maximum absolute atomic E-state index is 12.0. The van der Waals surface area contributed by atoms with Crippen molar-refractivity contribution in [2.45, 2.75) is 45.7 Å². The molecule has 0 radical (unpaired) electrons. The topological polar surface area (TPSA) is 63.3 Å². The second-order valence-electron chi connectivity index (χ2n) is 6.51. The lowest BCUT2D eigenvalue weighted by Crippen LogP contribution is -2.34. The van der Waals surface area contributed by atoms with E-state index in [0.717, 1.165) is 30.3 Å². The van der Waals surface area contributed by atoms with Gasteiger partial charge in [-0.2, -0.15) is 0 Å². The highest BCUT2D eigenvalue weighted by Gasteiger charge is 2.28. The Morgan fingerprint density at radius 1 is 1.38 bits per heavy atom. The fourth-order valence-electron chi connectivity index (χ4n) is 3.51. The maximum atomic E-state index is 12.0. The Hall–Kier alpha value is -2.08. The Labute approximate surface area is 142 Å². The van der Waals surface area contributed by atoms with E-state index in [0.29, 0.717) is 12.2 Å². The lowest BCUT2D eigenvalue weighted by molar-refractivity contribution is 0.0951. The van der Waals surface area contributed by atoms with Crippen molar-refractivity contribution in [1.29, 1.82) is 0 Å². The van der Waals surface area contributed by atoms with E-state index in [-0.39, 0.29) is 11.9 Å². The highest BCUT2D eigenvalue weighted by Crippen LogP contribution is 2.33. The van der Waals surface area contributed by atoms with Crippen LogP contribution in [-0.4, -0.2) is 34.0 Å². The molecule has 6 nitrogen and oxygen atoms in total. The summed E-state index contributed by atoms with van der Waals surface area (Å²) in [4.78, 5) is 18.9. The van der Waals surface area contributed by atoms with Gasteiger partial charge in [-0.05, 0) is 45.4 Å². The molecule has 6 heteroatoms. The van der Waals surface area contributed by atoms with Crippen LogP contribution < -0.4 is 5.32 Å². The van der Waals surface area contributed by atoms with Crippen LogP contribution in [0.1, 0.15) is 58.8 Å². The molecule has 24 heavy (non-hydrogen) atoms. The predicted molar refractivity (Wildman–Crippen MR) is 91.8 cm³/mol. The summed E-state index contributed by atoms with van der Waals surface area (Å²) in [6.45, 7) is 5.65. The molecular formula is C18H26N4O2. The van der Waals surface area contributed by atoms with E-state index in [9.17, 15) is 4.79 Å². The molecule has 1 aliphatic rings. The molecule has 0 aromatic carbocycles. The van der Waals surface area contributed by atoms with Gasteiger partial charge >= 0.3 is 0 Å². The zero-order valence-corrected chi connectivity index (χ0v) is 14.9. The predicted octanol–water partition coefficient (Wildman–Crippen LogP) is 2.72. The molecule has 1 saturated heterocycles. The number of piperidine rings is 1. The van der Waals surface area contributed by atoms with E-state index in [4.69, 9.17) is 4.42 Å². The second kappa shape index (κ2) is 6.81. The fraction of sp³-hybridized carbons (Fsp3) is 0.556. The number of aromatic nitrogens is 2. The van der Waals surface area contributed by atoms with Crippen molar-refractivity contribution in [2.75, 3.05) is 13.6 Å². The number of carbonyl (C=O) groups excluding carboxylic acids is 1. The number of hydrogen-bond donors (Lipinski definition) is 1. The number of rotatable bonds is 4. The largest absolute Gasteiger partial charge is 0.444 e. The normalized spacial score (nSPS) is 18.8. The van der Waals surface area contributed by atoms with Gasteiger partial charge in [0, 0.05) is 19.8 Å². The molecule has 0 bridgehead atoms. The Kier molecular flexibility index (Phi) is 4.76. The molecule has 1 aliphatic heterocycles. The molecular weight excluding hydrogens is 304 g/mol. The van der Waals surface area contributed by atoms with Crippen molar-refractivity contribution >= 4 is 5.91 Å². The number of amides is 1. The first kappa shape index (κ1) is 16.8. The third-order valence-electron chi connectivity index (χ3n) is 4.99. The number of nitrogens with one attached hydrogen (secondary N) is 1. The minimum Gasteiger partial charge on any atom is -0.444 e. The molecule has 130 valence electrons. The van der Waals surface area contributed by atoms with Crippen LogP contribution in [0.3, 0.4) is 0 Å². The van der Waals surface area contributed by atoms with Crippen molar-refractivity contribution in [3.63, 3.8) is 0 Å². The molecule has 0 aliphatic carbocycles. The summed E-state index contributed by atoms with van der Waals surface area (Å²) in [6, 6.07) is 4.26. The van der Waals surface area contributed by atoms with Crippen molar-refractivity contribution in [3.8, 4) is 0 Å². The van der Waals surface area contributed by atoms with E-state index in [1.165, 1.54) is 18.5 Å². The van der Waals surface area contributed by atoms with Crippen LogP contribution in [0.25, 0.3) is 0 Å². The maximum Gasteiger partial charge on any atom is 0.267 e. The summed E-state index contributed by atoms with van der Waals surface area (Å²) in [5.74, 6) is 1.61. The minimum absolute atomic E-state index is 0.0509. The second-order valence-corrected chi connectivity index (χ2v) is 6.51. The molecule has 0 spiro atoms. The van der Waals surface area contributed by atoms with Crippen LogP contribution in [0.2, 0.25) is 0 Å². The molecule has 1 amide bonds. The van der Waals surface area contributed by atoms with Gasteiger partial charge in [0.15, 0.2) is 0 Å². The molecule has 1 fully saturated rings. The highest BCUT2D eigenvalue weighted by molar-refractivity contribution is 5.92. The number of likely N-dealkylation sites (tertiary alicyclic amines) is 1. The third kappa shape index (κ3) is 3.11. The van der Waals surface area contributed by atoms with E-state index < -0.39 is 0 Å². The zero-order chi connectivity index (χ0) is 17.3. The molecule has 0 saturated carbocycles. The Balaban J connectivity index is 1.84. The van der Waals surface area contributed by atoms with Gasteiger partial charge in [-0.1, -0.05) is 6.42 Å². The first-order valence-electron chi connectivity index (χ1n) is 8.56. The van der Waals surface area contributed by atoms with Gasteiger partial charge in [-0.3, -0.25) is 9.69 Å². The van der Waals surface area contributed by atoms with Gasteiger partial charge < -0.3 is 14.3 Å². The fourth-order valence-corrected chi connectivity index (χ4v) is 3.51. The number of hydrogen-bond acceptors (Lipinski definition) is 4. The smallest absolute Gasteiger partial charge is 0.267 e. The van der Waals surface area contributed by atoms with Gasteiger partial charge in [0.25, 0.3) is 5.91 Å². The first-order valence-corrected chi connectivity index (χ1v) is 8.56. The van der Waals surface area contributed by atoms with Crippen LogP contribution in [0.4, 0.5) is 0 Å². The Bertz CT molecular complexity index is 712. The van der Waals surface area contributed by atoms with E-state index in [1.54, 1.807) is 7.05 Å². The van der Waals surface area contributed by atoms with Crippen molar-refractivity contribution in [3.05, 3.63) is 40.9 Å². The number of oxazole rings is 1. The third-order valence-corrected chi connectivity index (χ3v) is 4.99. The molecule has 0 unspecified atom stereocenters. The summed E-state index contributed by atoms with van der Waals surface area (Å²) in [5.41, 5.74) is 2.83. The summed E-state index contributed by atoms with van der Waals surface area (Å²) in [6.07, 6.45) is 3.47. The Morgan fingerprint density at radius 2 is 2.17 bits per heavy atom. The van der Waals surface area contributed by atoms with Crippen LogP contribution in [0.5, 0.6) is 0 Å². The zero-order valence-electron chi connectivity index (χ0n) is 14.9. The summed E-state index contributed by atoms with van der Waals surface area (Å²) >= 11 is 0. The van der Waals surface area contributed by atoms with Crippen LogP contribution in [0.15, 0.2) is 16.5 Å². The SMILES string of the molecule is CNC(=O)c1ccc([C@H]2CCCCN2Cc2nc(C)c(C)o2)n1C. The lowest BCUT2D eigenvalue weighted by atomic mass is 9.99. The molecule has 3 heterocycles. The van der Waals surface area contributed by atoms with Crippen LogP contribution in [0, 0.1) is 13.8 Å². The molecule has 2 aromatic rings.